The van der Waals surface area contributed by atoms with Crippen molar-refractivity contribution in [2.45, 2.75) is 33.2 Å². The van der Waals surface area contributed by atoms with Gasteiger partial charge in [0.25, 0.3) is 0 Å². The molecule has 2 rings (SSSR count). The van der Waals surface area contributed by atoms with Gasteiger partial charge in [-0.1, -0.05) is 13.8 Å². The van der Waals surface area contributed by atoms with E-state index >= 15 is 0 Å². The molecule has 1 saturated heterocycles. The van der Waals surface area contributed by atoms with E-state index in [1.165, 1.54) is 0 Å². The lowest BCUT2D eigenvalue weighted by atomic mass is 9.98. The number of aliphatic hydroxyl groups is 1. The van der Waals surface area contributed by atoms with Crippen LogP contribution < -0.4 is 10.6 Å². The first-order chi connectivity index (χ1) is 9.56. The molecule has 6 nitrogen and oxygen atoms in total. The molecule has 1 aliphatic rings. The molecule has 0 aliphatic carbocycles. The van der Waals surface area contributed by atoms with Gasteiger partial charge in [0.2, 0.25) is 0 Å². The van der Waals surface area contributed by atoms with Crippen LogP contribution in [0.1, 0.15) is 32.3 Å². The fourth-order valence-electron chi connectivity index (χ4n) is 2.60. The molecular weight excluding hydrogens is 254 g/mol. The zero-order valence-corrected chi connectivity index (χ0v) is 12.2. The number of hydrogen-bond acceptors (Lipinski definition) is 5. The summed E-state index contributed by atoms with van der Waals surface area (Å²) in [6.07, 6.45) is 1.86. The number of rotatable bonds is 4. The highest BCUT2D eigenvalue weighted by molar-refractivity contribution is 5.65. The summed E-state index contributed by atoms with van der Waals surface area (Å²) in [7, 11) is 0. The lowest BCUT2D eigenvalue weighted by molar-refractivity contribution is 0.202. The highest BCUT2D eigenvalue weighted by atomic mass is 16.3. The van der Waals surface area contributed by atoms with Crippen molar-refractivity contribution in [2.24, 2.45) is 11.8 Å². The molecular formula is C14H23N5O. The highest BCUT2D eigenvalue weighted by Gasteiger charge is 2.25. The van der Waals surface area contributed by atoms with Crippen molar-refractivity contribution in [1.82, 2.24) is 9.78 Å². The van der Waals surface area contributed by atoms with Gasteiger partial charge >= 0.3 is 0 Å². The minimum Gasteiger partial charge on any atom is -0.396 e. The normalized spacial score (nSPS) is 16.6. The Morgan fingerprint density at radius 3 is 2.60 bits per heavy atom. The molecule has 3 N–H and O–H groups in total. The summed E-state index contributed by atoms with van der Waals surface area (Å²) in [5, 5.41) is 23.0. The van der Waals surface area contributed by atoms with E-state index in [-0.39, 0.29) is 6.61 Å². The maximum absolute atomic E-state index is 9.33. The van der Waals surface area contributed by atoms with Gasteiger partial charge in [-0.05, 0) is 24.7 Å². The summed E-state index contributed by atoms with van der Waals surface area (Å²) in [6, 6.07) is 2.18. The van der Waals surface area contributed by atoms with E-state index in [1.807, 2.05) is 0 Å². The Bertz CT molecular complexity index is 494. The standard InChI is InChI=1S/C14H23N5O/c1-10(2)8-19-13(16)12(7-15)14(17-19)18-5-3-11(9-20)4-6-18/h10-11,20H,3-6,8-9,16H2,1-2H3. The number of nitrogens with zero attached hydrogens (tertiary/aromatic N) is 4. The zero-order chi connectivity index (χ0) is 14.7. The van der Waals surface area contributed by atoms with Crippen LogP contribution in [0, 0.1) is 23.2 Å². The summed E-state index contributed by atoms with van der Waals surface area (Å²) in [6.45, 7) is 6.78. The molecule has 0 saturated carbocycles. The Kier molecular flexibility index (Phi) is 4.50. The van der Waals surface area contributed by atoms with E-state index in [4.69, 9.17) is 5.73 Å². The van der Waals surface area contributed by atoms with Crippen molar-refractivity contribution < 1.29 is 5.11 Å². The van der Waals surface area contributed by atoms with Gasteiger partial charge in [-0.2, -0.15) is 10.4 Å². The van der Waals surface area contributed by atoms with Crippen LogP contribution in [-0.2, 0) is 6.54 Å². The second-order valence-corrected chi connectivity index (χ2v) is 5.88. The van der Waals surface area contributed by atoms with Gasteiger partial charge < -0.3 is 15.7 Å². The summed E-state index contributed by atoms with van der Waals surface area (Å²) < 4.78 is 1.73. The lowest BCUT2D eigenvalue weighted by Gasteiger charge is -2.31. The minimum absolute atomic E-state index is 0.239. The van der Waals surface area contributed by atoms with Crippen molar-refractivity contribution in [2.75, 3.05) is 30.3 Å². The van der Waals surface area contributed by atoms with E-state index in [0.717, 1.165) is 25.9 Å². The molecule has 0 aromatic carbocycles. The number of nitrogens with two attached hydrogens (primary N) is 1. The Morgan fingerprint density at radius 2 is 2.10 bits per heavy atom. The zero-order valence-electron chi connectivity index (χ0n) is 12.2. The largest absolute Gasteiger partial charge is 0.396 e. The average molecular weight is 277 g/mol. The third kappa shape index (κ3) is 2.88. The number of piperidine rings is 1. The molecule has 0 unspecified atom stereocenters. The van der Waals surface area contributed by atoms with Crippen molar-refractivity contribution in [3.05, 3.63) is 5.56 Å². The van der Waals surface area contributed by atoms with E-state index in [0.29, 0.717) is 35.6 Å². The van der Waals surface area contributed by atoms with E-state index in [9.17, 15) is 10.4 Å². The van der Waals surface area contributed by atoms with Gasteiger partial charge in [-0.3, -0.25) is 0 Å². The molecule has 6 heteroatoms. The van der Waals surface area contributed by atoms with Crippen LogP contribution in [0.3, 0.4) is 0 Å². The quantitative estimate of drug-likeness (QED) is 0.863. The van der Waals surface area contributed by atoms with Gasteiger partial charge in [0.1, 0.15) is 17.5 Å². The fourth-order valence-corrected chi connectivity index (χ4v) is 2.60. The van der Waals surface area contributed by atoms with E-state index in [2.05, 4.69) is 29.9 Å². The molecule has 1 aliphatic heterocycles. The first kappa shape index (κ1) is 14.7. The summed E-state index contributed by atoms with van der Waals surface area (Å²) in [4.78, 5) is 2.11. The second-order valence-electron chi connectivity index (χ2n) is 5.88. The first-order valence-corrected chi connectivity index (χ1v) is 7.19. The molecule has 0 atom stereocenters. The molecule has 0 bridgehead atoms. The molecule has 2 heterocycles. The molecule has 0 radical (unpaired) electrons. The van der Waals surface area contributed by atoms with Crippen molar-refractivity contribution in [3.63, 3.8) is 0 Å². The van der Waals surface area contributed by atoms with Crippen LogP contribution in [-0.4, -0.2) is 34.6 Å². The summed E-state index contributed by atoms with van der Waals surface area (Å²) >= 11 is 0. The van der Waals surface area contributed by atoms with Gasteiger partial charge in [0.05, 0.1) is 0 Å². The molecule has 1 aromatic rings. The van der Waals surface area contributed by atoms with Crippen LogP contribution in [0.5, 0.6) is 0 Å². The maximum Gasteiger partial charge on any atom is 0.170 e. The molecule has 0 amide bonds. The van der Waals surface area contributed by atoms with Crippen LogP contribution in [0.15, 0.2) is 0 Å². The predicted octanol–water partition coefficient (Wildman–Crippen LogP) is 1.20. The number of anilines is 2. The number of hydrogen-bond donors (Lipinski definition) is 2. The smallest absolute Gasteiger partial charge is 0.170 e. The molecule has 0 spiro atoms. The maximum atomic E-state index is 9.33. The van der Waals surface area contributed by atoms with Gasteiger partial charge in [0.15, 0.2) is 5.82 Å². The topological polar surface area (TPSA) is 91.1 Å². The number of aromatic nitrogens is 2. The van der Waals surface area contributed by atoms with Crippen LogP contribution in [0.4, 0.5) is 11.6 Å². The molecule has 20 heavy (non-hydrogen) atoms. The lowest BCUT2D eigenvalue weighted by Crippen LogP contribution is -2.35. The second kappa shape index (κ2) is 6.14. The summed E-state index contributed by atoms with van der Waals surface area (Å²) in [5.41, 5.74) is 6.51. The molecule has 110 valence electrons. The third-order valence-electron chi connectivity index (χ3n) is 3.80. The fraction of sp³-hybridized carbons (Fsp3) is 0.714. The predicted molar refractivity (Wildman–Crippen MR) is 78.2 cm³/mol. The van der Waals surface area contributed by atoms with Gasteiger partial charge in [0, 0.05) is 26.2 Å². The van der Waals surface area contributed by atoms with Crippen LogP contribution in [0.2, 0.25) is 0 Å². The number of nitriles is 1. The van der Waals surface area contributed by atoms with Crippen molar-refractivity contribution in [1.29, 1.82) is 5.26 Å². The Morgan fingerprint density at radius 1 is 1.45 bits per heavy atom. The van der Waals surface area contributed by atoms with E-state index in [1.54, 1.807) is 4.68 Å². The van der Waals surface area contributed by atoms with Crippen molar-refractivity contribution in [3.8, 4) is 6.07 Å². The minimum atomic E-state index is 0.239. The van der Waals surface area contributed by atoms with Crippen LogP contribution in [0.25, 0.3) is 0 Å². The Labute approximate surface area is 119 Å². The first-order valence-electron chi connectivity index (χ1n) is 7.19. The molecule has 1 aromatic heterocycles. The highest BCUT2D eigenvalue weighted by Crippen LogP contribution is 2.28. The monoisotopic (exact) mass is 277 g/mol. The van der Waals surface area contributed by atoms with Gasteiger partial charge in [-0.15, -0.1) is 0 Å². The number of aliphatic hydroxyl groups excluding tert-OH is 1. The summed E-state index contributed by atoms with van der Waals surface area (Å²) in [5.74, 6) is 1.95. The Hall–Kier alpha value is -1.74. The number of nitrogen functional groups attached to an aromatic ring is 1. The van der Waals surface area contributed by atoms with E-state index < -0.39 is 0 Å². The third-order valence-corrected chi connectivity index (χ3v) is 3.80. The SMILES string of the molecule is CC(C)Cn1nc(N2CCC(CO)CC2)c(C#N)c1N. The Balaban J connectivity index is 2.21. The van der Waals surface area contributed by atoms with Crippen LogP contribution >= 0.6 is 0 Å². The molecule has 1 fully saturated rings. The van der Waals surface area contributed by atoms with Gasteiger partial charge in [-0.25, -0.2) is 4.68 Å². The average Bonchev–Trinajstić information content (AvgIpc) is 2.75. The van der Waals surface area contributed by atoms with Crippen molar-refractivity contribution >= 4 is 11.6 Å².